The van der Waals surface area contributed by atoms with Gasteiger partial charge in [-0.05, 0) is 83.1 Å². The lowest BCUT2D eigenvalue weighted by molar-refractivity contribution is -0.227. The van der Waals surface area contributed by atoms with Crippen molar-refractivity contribution in [1.82, 2.24) is 0 Å². The van der Waals surface area contributed by atoms with Crippen LogP contribution in [0.1, 0.15) is 79.1 Å². The molecule has 0 radical (unpaired) electrons. The van der Waals surface area contributed by atoms with E-state index in [4.69, 9.17) is 22.8 Å². The van der Waals surface area contributed by atoms with Gasteiger partial charge >= 0.3 is 5.97 Å². The molecule has 6 nitrogen and oxygen atoms in total. The third-order valence-electron chi connectivity index (χ3n) is 10.6. The molecule has 262 valence electrons. The summed E-state index contributed by atoms with van der Waals surface area (Å²) in [5.41, 5.74) is 0.488. The minimum Gasteiger partial charge on any atom is -0.453 e. The normalized spacial score (nSPS) is 24.6. The summed E-state index contributed by atoms with van der Waals surface area (Å²) in [6, 6.07) is 9.13. The van der Waals surface area contributed by atoms with Crippen LogP contribution in [-0.4, -0.2) is 67.5 Å². The summed E-state index contributed by atoms with van der Waals surface area (Å²) in [5.74, 6) is -0.405. The summed E-state index contributed by atoms with van der Waals surface area (Å²) in [4.78, 5) is 13.7. The highest BCUT2D eigenvalue weighted by Gasteiger charge is 2.57. The summed E-state index contributed by atoms with van der Waals surface area (Å²) in [5, 5.41) is -0.189. The molecule has 0 aliphatic carbocycles. The van der Waals surface area contributed by atoms with E-state index in [0.29, 0.717) is 12.0 Å². The molecule has 1 aromatic carbocycles. The van der Waals surface area contributed by atoms with Crippen molar-refractivity contribution in [3.05, 3.63) is 58.7 Å². The molecule has 0 aromatic heterocycles. The second kappa shape index (κ2) is 15.5. The molecule has 1 heterocycles. The van der Waals surface area contributed by atoms with Crippen LogP contribution in [0, 0.1) is 0 Å². The fraction of sp³-hybridized carbons (Fsp3) is 0.694. The first-order valence-corrected chi connectivity index (χ1v) is 26.6. The Balaban J connectivity index is 2.88. The van der Waals surface area contributed by atoms with E-state index in [1.165, 1.54) is 0 Å². The number of halogens is 1. The molecule has 0 N–H and O–H groups in total. The molecule has 1 aliphatic heterocycles. The number of carbonyl (C=O) groups excluding carboxylic acids is 1. The molecule has 5 unspecified atom stereocenters. The average Bonchev–Trinajstić information content (AvgIpc) is 2.89. The zero-order valence-corrected chi connectivity index (χ0v) is 36.5. The number of ether oxygens (including phenoxy) is 2. The van der Waals surface area contributed by atoms with E-state index in [-0.39, 0.29) is 15.1 Å². The van der Waals surface area contributed by atoms with Crippen LogP contribution < -0.4 is 0 Å². The molecule has 1 aliphatic rings. The topological polar surface area (TPSA) is 63.2 Å². The Hall–Kier alpha value is -0.609. The Labute approximate surface area is 297 Å². The number of carbonyl (C=O) groups is 1. The van der Waals surface area contributed by atoms with Gasteiger partial charge in [0.25, 0.3) is 0 Å². The quantitative estimate of drug-likeness (QED) is 0.0908. The molecule has 0 saturated carbocycles. The molecule has 1 fully saturated rings. The van der Waals surface area contributed by atoms with Gasteiger partial charge in [-0.2, -0.15) is 0 Å². The Morgan fingerprint density at radius 1 is 0.826 bits per heavy atom. The van der Waals surface area contributed by atoms with Crippen molar-refractivity contribution < 1.29 is 27.5 Å². The Morgan fingerprint density at radius 3 is 1.74 bits per heavy atom. The predicted molar refractivity (Wildman–Crippen MR) is 208 cm³/mol. The van der Waals surface area contributed by atoms with Gasteiger partial charge in [0.1, 0.15) is 24.4 Å². The van der Waals surface area contributed by atoms with E-state index < -0.39 is 67.5 Å². The second-order valence-electron chi connectivity index (χ2n) is 17.2. The first-order chi connectivity index (χ1) is 20.8. The molecule has 2 rings (SSSR count). The standard InChI is InChI=1S/C36H63IO6Si3/c1-17-21-27-29(40-33(38)26-22-19-18-20-23-26)31(42-45(13,14)35(5,6)7)32(43-46(15,16)36(8,9)10)30(39-27)28(24-25-37)41-44(11,12)34(2,3)4/h17-20,22-25,27-32H,1,21H2,2-16H3/b25-24+/t27?,28?,29?,30-,31?,32?/m0/s1. The average molecular weight is 803 g/mol. The number of hydrogen-bond acceptors (Lipinski definition) is 6. The van der Waals surface area contributed by atoms with E-state index >= 15 is 0 Å². The lowest BCUT2D eigenvalue weighted by Gasteiger charge is -2.54. The van der Waals surface area contributed by atoms with Gasteiger partial charge in [-0.25, -0.2) is 4.79 Å². The minimum absolute atomic E-state index is 0.0138. The van der Waals surface area contributed by atoms with E-state index in [1.807, 2.05) is 28.4 Å². The second-order valence-corrected chi connectivity index (χ2v) is 32.2. The summed E-state index contributed by atoms with van der Waals surface area (Å²) >= 11 is 2.26. The number of hydrogen-bond donors (Lipinski definition) is 0. The van der Waals surface area contributed by atoms with Gasteiger partial charge in [-0.1, -0.05) is 109 Å². The molecular formula is C36H63IO6Si3. The lowest BCUT2D eigenvalue weighted by atomic mass is 9.90. The van der Waals surface area contributed by atoms with Crippen LogP contribution in [0.5, 0.6) is 0 Å². The van der Waals surface area contributed by atoms with Crippen LogP contribution in [0.15, 0.2) is 53.1 Å². The van der Waals surface area contributed by atoms with Gasteiger partial charge in [0.2, 0.25) is 0 Å². The van der Waals surface area contributed by atoms with E-state index in [2.05, 4.69) is 137 Å². The van der Waals surface area contributed by atoms with Crippen LogP contribution in [0.25, 0.3) is 0 Å². The van der Waals surface area contributed by atoms with E-state index in [0.717, 1.165) is 0 Å². The SMILES string of the molecule is C=CCC1O[C@@H](C(/C=C/I)O[Si](C)(C)C(C)(C)C)C(O[Si](C)(C)C(C)(C)C)C(O[Si](C)(C)C(C)(C)C)C1OC(=O)c1ccccc1. The molecule has 10 heteroatoms. The Kier molecular flexibility index (Phi) is 14.0. The third-order valence-corrected chi connectivity index (χ3v) is 24.5. The predicted octanol–water partition coefficient (Wildman–Crippen LogP) is 10.7. The van der Waals surface area contributed by atoms with Gasteiger partial charge in [0, 0.05) is 0 Å². The van der Waals surface area contributed by atoms with Crippen molar-refractivity contribution in [3.8, 4) is 0 Å². The Bertz CT molecular complexity index is 1180. The molecular weight excluding hydrogens is 740 g/mol. The third kappa shape index (κ3) is 10.2. The van der Waals surface area contributed by atoms with Gasteiger partial charge in [-0.3, -0.25) is 0 Å². The van der Waals surface area contributed by atoms with Gasteiger partial charge in [0.15, 0.2) is 31.1 Å². The van der Waals surface area contributed by atoms with Crippen molar-refractivity contribution in [1.29, 1.82) is 0 Å². The lowest BCUT2D eigenvalue weighted by Crippen LogP contribution is -2.68. The molecule has 6 atom stereocenters. The van der Waals surface area contributed by atoms with Crippen LogP contribution in [0.4, 0.5) is 0 Å². The maximum atomic E-state index is 13.7. The molecule has 1 aromatic rings. The first-order valence-electron chi connectivity index (χ1n) is 16.6. The number of rotatable bonds is 12. The molecule has 0 bridgehead atoms. The van der Waals surface area contributed by atoms with Crippen LogP contribution in [0.3, 0.4) is 0 Å². The van der Waals surface area contributed by atoms with E-state index in [1.54, 1.807) is 12.1 Å². The fourth-order valence-corrected chi connectivity index (χ4v) is 8.84. The summed E-state index contributed by atoms with van der Waals surface area (Å²) in [6.45, 7) is 37.7. The van der Waals surface area contributed by atoms with E-state index in [9.17, 15) is 4.79 Å². The summed E-state index contributed by atoms with van der Waals surface area (Å²) < 4.78 is 37.5. The first kappa shape index (κ1) is 41.6. The van der Waals surface area contributed by atoms with Crippen LogP contribution in [0.2, 0.25) is 54.4 Å². The minimum atomic E-state index is -2.43. The highest BCUT2D eigenvalue weighted by Crippen LogP contribution is 2.46. The van der Waals surface area contributed by atoms with Crippen molar-refractivity contribution >= 4 is 53.5 Å². The van der Waals surface area contributed by atoms with Gasteiger partial charge < -0.3 is 22.8 Å². The maximum Gasteiger partial charge on any atom is 0.338 e. The largest absolute Gasteiger partial charge is 0.453 e. The van der Waals surface area contributed by atoms with Crippen LogP contribution in [-0.2, 0) is 22.8 Å². The zero-order chi connectivity index (χ0) is 35.5. The van der Waals surface area contributed by atoms with Crippen LogP contribution >= 0.6 is 22.6 Å². The van der Waals surface area contributed by atoms with Crippen molar-refractivity contribution in [3.63, 3.8) is 0 Å². The smallest absolute Gasteiger partial charge is 0.338 e. The summed E-state index contributed by atoms with van der Waals surface area (Å²) in [6.07, 6.45) is 1.16. The van der Waals surface area contributed by atoms with Crippen molar-refractivity contribution in [2.45, 2.75) is 160 Å². The fourth-order valence-electron chi connectivity index (χ4n) is 4.58. The highest BCUT2D eigenvalue weighted by molar-refractivity contribution is 14.1. The monoisotopic (exact) mass is 802 g/mol. The highest BCUT2D eigenvalue weighted by atomic mass is 127. The van der Waals surface area contributed by atoms with Crippen molar-refractivity contribution in [2.75, 3.05) is 0 Å². The number of esters is 1. The summed E-state index contributed by atoms with van der Waals surface area (Å²) in [7, 11) is -7.10. The molecule has 0 amide bonds. The molecule has 46 heavy (non-hydrogen) atoms. The molecule has 1 saturated heterocycles. The van der Waals surface area contributed by atoms with Crippen molar-refractivity contribution in [2.24, 2.45) is 0 Å². The van der Waals surface area contributed by atoms with Gasteiger partial charge in [-0.15, -0.1) is 6.58 Å². The maximum absolute atomic E-state index is 13.7. The molecule has 0 spiro atoms. The zero-order valence-electron chi connectivity index (χ0n) is 31.3. The number of benzene rings is 1. The Morgan fingerprint density at radius 2 is 1.30 bits per heavy atom. The van der Waals surface area contributed by atoms with Gasteiger partial charge in [0.05, 0.1) is 11.7 Å².